The summed E-state index contributed by atoms with van der Waals surface area (Å²) in [7, 11) is 0. The van der Waals surface area contributed by atoms with E-state index in [2.05, 4.69) is 11.1 Å². The van der Waals surface area contributed by atoms with Crippen LogP contribution >= 0.6 is 11.6 Å². The van der Waals surface area contributed by atoms with E-state index in [0.717, 1.165) is 11.1 Å². The van der Waals surface area contributed by atoms with Gasteiger partial charge in [0.1, 0.15) is 17.5 Å². The van der Waals surface area contributed by atoms with E-state index in [4.69, 9.17) is 22.6 Å². The van der Waals surface area contributed by atoms with Gasteiger partial charge in [-0.2, -0.15) is 5.26 Å². The third-order valence-corrected chi connectivity index (χ3v) is 2.50. The zero-order chi connectivity index (χ0) is 11.5. The molecule has 0 aliphatic rings. The largest absolute Gasteiger partial charge is 0.383 e. The van der Waals surface area contributed by atoms with Gasteiger partial charge in [0.25, 0.3) is 0 Å². The van der Waals surface area contributed by atoms with Crippen molar-refractivity contribution in [3.05, 3.63) is 47.1 Å². The molecule has 0 spiro atoms. The molecule has 0 atom stereocenters. The van der Waals surface area contributed by atoms with Gasteiger partial charge >= 0.3 is 0 Å². The Morgan fingerprint density at radius 2 is 1.88 bits per heavy atom. The average molecular weight is 230 g/mol. The minimum Gasteiger partial charge on any atom is -0.383 e. The van der Waals surface area contributed by atoms with E-state index in [1.165, 1.54) is 0 Å². The quantitative estimate of drug-likeness (QED) is 0.818. The predicted molar refractivity (Wildman–Crippen MR) is 63.8 cm³/mol. The molecule has 0 bridgehead atoms. The fraction of sp³-hybridized carbons (Fsp3) is 0. The first kappa shape index (κ1) is 10.5. The Kier molecular flexibility index (Phi) is 2.76. The summed E-state index contributed by atoms with van der Waals surface area (Å²) < 4.78 is 0. The van der Waals surface area contributed by atoms with Crippen molar-refractivity contribution in [1.82, 2.24) is 4.98 Å². The average Bonchev–Trinajstić information content (AvgIpc) is 2.30. The molecule has 3 nitrogen and oxygen atoms in total. The molecule has 0 aliphatic carbocycles. The topological polar surface area (TPSA) is 62.7 Å². The van der Waals surface area contributed by atoms with Crippen LogP contribution in [0.2, 0.25) is 5.02 Å². The first-order valence-electron chi connectivity index (χ1n) is 4.63. The Bertz CT molecular complexity index is 555. The number of nitrogen functional groups attached to an aromatic ring is 1. The number of pyridine rings is 1. The molecule has 0 saturated heterocycles. The molecule has 16 heavy (non-hydrogen) atoms. The zero-order valence-corrected chi connectivity index (χ0v) is 9.07. The smallest absolute Gasteiger partial charge is 0.141 e. The van der Waals surface area contributed by atoms with Crippen molar-refractivity contribution < 1.29 is 0 Å². The maximum atomic E-state index is 9.02. The van der Waals surface area contributed by atoms with Crippen LogP contribution in [0.4, 0.5) is 5.82 Å². The molecule has 2 N–H and O–H groups in total. The molecule has 2 rings (SSSR count). The number of halogens is 1. The van der Waals surface area contributed by atoms with Crippen molar-refractivity contribution in [2.24, 2.45) is 0 Å². The van der Waals surface area contributed by atoms with Crippen LogP contribution in [0.15, 0.2) is 36.5 Å². The fourth-order valence-corrected chi connectivity index (χ4v) is 1.59. The number of hydrogen-bond acceptors (Lipinski definition) is 3. The number of anilines is 1. The maximum Gasteiger partial charge on any atom is 0.141 e. The van der Waals surface area contributed by atoms with Crippen LogP contribution in [0, 0.1) is 11.3 Å². The second-order valence-electron chi connectivity index (χ2n) is 3.24. The summed E-state index contributed by atoms with van der Waals surface area (Å²) in [5, 5.41) is 9.68. The lowest BCUT2D eigenvalue weighted by atomic mass is 10.0. The van der Waals surface area contributed by atoms with E-state index in [-0.39, 0.29) is 5.82 Å². The monoisotopic (exact) mass is 229 g/mol. The highest BCUT2D eigenvalue weighted by Gasteiger charge is 2.08. The second-order valence-corrected chi connectivity index (χ2v) is 3.67. The number of nitrogens with two attached hydrogens (primary N) is 1. The lowest BCUT2D eigenvalue weighted by molar-refractivity contribution is 1.31. The Labute approximate surface area is 98.1 Å². The van der Waals surface area contributed by atoms with Gasteiger partial charge in [0.05, 0.1) is 0 Å². The lowest BCUT2D eigenvalue weighted by Gasteiger charge is -2.05. The Morgan fingerprint density at radius 1 is 1.19 bits per heavy atom. The van der Waals surface area contributed by atoms with Crippen molar-refractivity contribution in [2.45, 2.75) is 0 Å². The van der Waals surface area contributed by atoms with Crippen LogP contribution in [-0.2, 0) is 0 Å². The van der Waals surface area contributed by atoms with Crippen molar-refractivity contribution in [3.63, 3.8) is 0 Å². The summed E-state index contributed by atoms with van der Waals surface area (Å²) in [6.45, 7) is 0. The first-order valence-corrected chi connectivity index (χ1v) is 5.00. The number of nitriles is 1. The van der Waals surface area contributed by atoms with Crippen LogP contribution in [-0.4, -0.2) is 4.98 Å². The summed E-state index contributed by atoms with van der Waals surface area (Å²) in [4.78, 5) is 3.88. The highest BCUT2D eigenvalue weighted by molar-refractivity contribution is 6.30. The molecule has 1 heterocycles. The molecule has 2 aromatic rings. The fourth-order valence-electron chi connectivity index (χ4n) is 1.47. The molecule has 0 amide bonds. The van der Waals surface area contributed by atoms with Crippen LogP contribution in [0.3, 0.4) is 0 Å². The number of hydrogen-bond donors (Lipinski definition) is 1. The number of nitrogens with zero attached hydrogens (tertiary/aromatic N) is 2. The van der Waals surface area contributed by atoms with Gasteiger partial charge in [-0.25, -0.2) is 4.98 Å². The molecule has 0 radical (unpaired) electrons. The number of benzene rings is 1. The molecule has 1 aromatic heterocycles. The lowest BCUT2D eigenvalue weighted by Crippen LogP contribution is -1.96. The summed E-state index contributed by atoms with van der Waals surface area (Å²) in [5.41, 5.74) is 7.70. The molecule has 0 saturated carbocycles. The van der Waals surface area contributed by atoms with Crippen LogP contribution in [0.25, 0.3) is 11.1 Å². The Hall–Kier alpha value is -2.05. The Morgan fingerprint density at radius 3 is 2.50 bits per heavy atom. The van der Waals surface area contributed by atoms with Gasteiger partial charge in [-0.15, -0.1) is 0 Å². The summed E-state index contributed by atoms with van der Waals surface area (Å²) in [6.07, 6.45) is 1.58. The third kappa shape index (κ3) is 1.83. The van der Waals surface area contributed by atoms with Crippen LogP contribution < -0.4 is 5.73 Å². The van der Waals surface area contributed by atoms with Gasteiger partial charge in [0.2, 0.25) is 0 Å². The van der Waals surface area contributed by atoms with Crippen molar-refractivity contribution >= 4 is 17.4 Å². The van der Waals surface area contributed by atoms with Gasteiger partial charge in [-0.1, -0.05) is 23.7 Å². The van der Waals surface area contributed by atoms with Crippen LogP contribution in [0.1, 0.15) is 5.56 Å². The summed E-state index contributed by atoms with van der Waals surface area (Å²) >= 11 is 5.80. The van der Waals surface area contributed by atoms with E-state index in [0.29, 0.717) is 10.6 Å². The predicted octanol–water partition coefficient (Wildman–Crippen LogP) is 2.86. The molecular formula is C12H8ClN3. The van der Waals surface area contributed by atoms with Gasteiger partial charge < -0.3 is 5.73 Å². The molecule has 0 unspecified atom stereocenters. The van der Waals surface area contributed by atoms with Crippen LogP contribution in [0.5, 0.6) is 0 Å². The number of rotatable bonds is 1. The third-order valence-electron chi connectivity index (χ3n) is 2.25. The highest BCUT2D eigenvalue weighted by Crippen LogP contribution is 2.26. The Balaban J connectivity index is 2.61. The van der Waals surface area contributed by atoms with Crippen molar-refractivity contribution in [1.29, 1.82) is 5.26 Å². The van der Waals surface area contributed by atoms with E-state index >= 15 is 0 Å². The standard InChI is InChI=1S/C12H8ClN3/c13-9-3-1-8(2-4-9)10-5-6-16-12(15)11(10)7-14/h1-6H,(H2,15,16). The molecule has 0 aliphatic heterocycles. The first-order chi connectivity index (χ1) is 7.72. The van der Waals surface area contributed by atoms with E-state index < -0.39 is 0 Å². The van der Waals surface area contributed by atoms with Crippen molar-refractivity contribution in [2.75, 3.05) is 5.73 Å². The molecule has 0 fully saturated rings. The molecule has 78 valence electrons. The molecule has 4 heteroatoms. The van der Waals surface area contributed by atoms with Gasteiger partial charge in [0, 0.05) is 16.8 Å². The summed E-state index contributed by atoms with van der Waals surface area (Å²) in [6, 6.07) is 11.1. The minimum atomic E-state index is 0.245. The van der Waals surface area contributed by atoms with Gasteiger partial charge in [-0.3, -0.25) is 0 Å². The zero-order valence-electron chi connectivity index (χ0n) is 8.31. The summed E-state index contributed by atoms with van der Waals surface area (Å²) in [5.74, 6) is 0.245. The highest BCUT2D eigenvalue weighted by atomic mass is 35.5. The van der Waals surface area contributed by atoms with Gasteiger partial charge in [0.15, 0.2) is 0 Å². The van der Waals surface area contributed by atoms with Crippen molar-refractivity contribution in [3.8, 4) is 17.2 Å². The SMILES string of the molecule is N#Cc1c(-c2ccc(Cl)cc2)ccnc1N. The molecule has 1 aromatic carbocycles. The van der Waals surface area contributed by atoms with E-state index in [9.17, 15) is 0 Å². The minimum absolute atomic E-state index is 0.245. The van der Waals surface area contributed by atoms with E-state index in [1.807, 2.05) is 12.1 Å². The normalized spacial score (nSPS) is 9.75. The molecular weight excluding hydrogens is 222 g/mol. The number of aromatic nitrogens is 1. The maximum absolute atomic E-state index is 9.02. The van der Waals surface area contributed by atoms with Gasteiger partial charge in [-0.05, 0) is 23.8 Å². The second kappa shape index (κ2) is 4.21. The van der Waals surface area contributed by atoms with E-state index in [1.54, 1.807) is 24.4 Å².